The lowest BCUT2D eigenvalue weighted by molar-refractivity contribution is 0.329. The van der Waals surface area contributed by atoms with Crippen LogP contribution in [-0.2, 0) is 12.0 Å². The molecule has 1 atom stereocenters. The molecule has 0 aliphatic heterocycles. The summed E-state index contributed by atoms with van der Waals surface area (Å²) in [6, 6.07) is 7.14. The lowest BCUT2D eigenvalue weighted by Crippen LogP contribution is -2.45. The van der Waals surface area contributed by atoms with Crippen molar-refractivity contribution in [1.29, 1.82) is 0 Å². The minimum Gasteiger partial charge on any atom is -0.303 e. The van der Waals surface area contributed by atoms with Gasteiger partial charge in [-0.05, 0) is 58.7 Å². The van der Waals surface area contributed by atoms with Gasteiger partial charge in [0.25, 0.3) is 0 Å². The van der Waals surface area contributed by atoms with Gasteiger partial charge in [-0.1, -0.05) is 12.1 Å². The van der Waals surface area contributed by atoms with Crippen LogP contribution in [0.25, 0.3) is 0 Å². The Hall–Kier alpha value is -1.26. The van der Waals surface area contributed by atoms with E-state index < -0.39 is 0 Å². The van der Waals surface area contributed by atoms with Crippen molar-refractivity contribution in [2.24, 2.45) is 0 Å². The quantitative estimate of drug-likeness (QED) is 0.888. The predicted octanol–water partition coefficient (Wildman–Crippen LogP) is 4.35. The molecule has 0 aliphatic carbocycles. The van der Waals surface area contributed by atoms with Gasteiger partial charge in [-0.15, -0.1) is 11.3 Å². The van der Waals surface area contributed by atoms with Crippen molar-refractivity contribution in [3.05, 3.63) is 51.2 Å². The molecule has 0 saturated carbocycles. The maximum atomic E-state index is 13.4. The van der Waals surface area contributed by atoms with Crippen LogP contribution >= 0.6 is 11.3 Å². The Morgan fingerprint density at radius 3 is 2.57 bits per heavy atom. The molecule has 0 bridgehead atoms. The zero-order chi connectivity index (χ0) is 15.6. The first-order valence-electron chi connectivity index (χ1n) is 7.27. The second kappa shape index (κ2) is 6.24. The third-order valence-corrected chi connectivity index (χ3v) is 4.89. The minimum atomic E-state index is -0.286. The first-order valence-corrected chi connectivity index (χ1v) is 8.08. The number of nitrogens with one attached hydrogen (secondary N) is 1. The molecule has 0 saturated heterocycles. The van der Waals surface area contributed by atoms with E-state index in [0.717, 1.165) is 22.7 Å². The van der Waals surface area contributed by atoms with Gasteiger partial charge in [0.05, 0.1) is 11.2 Å². The van der Waals surface area contributed by atoms with Gasteiger partial charge < -0.3 is 5.32 Å². The highest BCUT2D eigenvalue weighted by molar-refractivity contribution is 7.11. The van der Waals surface area contributed by atoms with E-state index in [1.165, 1.54) is 10.9 Å². The topological polar surface area (TPSA) is 24.9 Å². The van der Waals surface area contributed by atoms with E-state index in [2.05, 4.69) is 33.0 Å². The molecule has 1 aromatic heterocycles. The number of thiazole rings is 1. The fourth-order valence-corrected chi connectivity index (χ4v) is 3.61. The highest BCUT2D eigenvalue weighted by atomic mass is 32.1. The van der Waals surface area contributed by atoms with E-state index in [9.17, 15) is 4.39 Å². The van der Waals surface area contributed by atoms with E-state index in [4.69, 9.17) is 4.98 Å². The van der Waals surface area contributed by atoms with E-state index in [0.29, 0.717) is 6.04 Å². The average Bonchev–Trinajstić information content (AvgIpc) is 2.69. The Morgan fingerprint density at radius 1 is 1.33 bits per heavy atom. The van der Waals surface area contributed by atoms with Gasteiger partial charge in [-0.2, -0.15) is 0 Å². The highest BCUT2D eigenvalue weighted by Crippen LogP contribution is 2.31. The summed E-state index contributed by atoms with van der Waals surface area (Å²) in [5.41, 5.74) is 1.77. The third-order valence-electron chi connectivity index (χ3n) is 3.55. The molecule has 0 spiro atoms. The molecule has 1 N–H and O–H groups in total. The summed E-state index contributed by atoms with van der Waals surface area (Å²) in [5.74, 6) is -0.189. The molecular weight excluding hydrogens is 283 g/mol. The molecule has 1 heterocycles. The van der Waals surface area contributed by atoms with Crippen molar-refractivity contribution in [2.45, 2.75) is 52.6 Å². The third kappa shape index (κ3) is 3.89. The molecule has 0 aliphatic rings. The molecule has 21 heavy (non-hydrogen) atoms. The zero-order valence-corrected chi connectivity index (χ0v) is 14.1. The Labute approximate surface area is 130 Å². The minimum absolute atomic E-state index is 0.189. The molecule has 2 aromatic rings. The van der Waals surface area contributed by atoms with Crippen LogP contribution in [0.5, 0.6) is 0 Å². The normalized spacial score (nSPS) is 14.4. The first kappa shape index (κ1) is 16.1. The molecular formula is C17H23FN2S. The van der Waals surface area contributed by atoms with Gasteiger partial charge >= 0.3 is 0 Å². The zero-order valence-electron chi connectivity index (χ0n) is 13.3. The highest BCUT2D eigenvalue weighted by Gasteiger charge is 2.31. The van der Waals surface area contributed by atoms with E-state index in [-0.39, 0.29) is 11.4 Å². The van der Waals surface area contributed by atoms with Gasteiger partial charge in [0.1, 0.15) is 10.8 Å². The molecule has 0 amide bonds. The molecule has 2 nitrogen and oxygen atoms in total. The monoisotopic (exact) mass is 306 g/mol. The van der Waals surface area contributed by atoms with Gasteiger partial charge in [0.15, 0.2) is 0 Å². The van der Waals surface area contributed by atoms with Crippen LogP contribution in [0, 0.1) is 19.7 Å². The summed E-state index contributed by atoms with van der Waals surface area (Å²) in [4.78, 5) is 5.95. The Bertz CT molecular complexity index is 602. The van der Waals surface area contributed by atoms with Crippen LogP contribution in [0.1, 0.15) is 41.9 Å². The number of aryl methyl sites for hydroxylation is 2. The number of benzene rings is 1. The summed E-state index contributed by atoms with van der Waals surface area (Å²) in [5, 5.41) is 4.67. The second-order valence-corrected chi connectivity index (χ2v) is 7.30. The SMILES string of the molecule is Cc1nc(C(C)(Cc2cccc(F)c2)NC(C)C)sc1C. The van der Waals surface area contributed by atoms with Gasteiger partial charge in [-0.25, -0.2) is 9.37 Å². The van der Waals surface area contributed by atoms with Crippen molar-refractivity contribution < 1.29 is 4.39 Å². The molecule has 0 fully saturated rings. The van der Waals surface area contributed by atoms with E-state index in [1.54, 1.807) is 23.5 Å². The maximum absolute atomic E-state index is 13.4. The van der Waals surface area contributed by atoms with Crippen molar-refractivity contribution in [2.75, 3.05) is 0 Å². The second-order valence-electron chi connectivity index (χ2n) is 6.10. The van der Waals surface area contributed by atoms with Crippen molar-refractivity contribution in [3.8, 4) is 0 Å². The fraction of sp³-hybridized carbons (Fsp3) is 0.471. The van der Waals surface area contributed by atoms with Crippen molar-refractivity contribution in [3.63, 3.8) is 0 Å². The molecule has 1 aromatic carbocycles. The summed E-state index contributed by atoms with van der Waals surface area (Å²) >= 11 is 1.72. The van der Waals surface area contributed by atoms with Crippen LogP contribution in [-0.4, -0.2) is 11.0 Å². The number of hydrogen-bond acceptors (Lipinski definition) is 3. The fourth-order valence-electron chi connectivity index (χ4n) is 2.59. The maximum Gasteiger partial charge on any atom is 0.123 e. The Balaban J connectivity index is 2.37. The predicted molar refractivity (Wildman–Crippen MR) is 87.3 cm³/mol. The summed E-state index contributed by atoms with van der Waals surface area (Å²) in [7, 11) is 0. The lowest BCUT2D eigenvalue weighted by Gasteiger charge is -2.31. The number of nitrogens with zero attached hydrogens (tertiary/aromatic N) is 1. The number of aromatic nitrogens is 1. The number of halogens is 1. The summed E-state index contributed by atoms with van der Waals surface area (Å²) < 4.78 is 13.4. The molecule has 114 valence electrons. The smallest absolute Gasteiger partial charge is 0.123 e. The van der Waals surface area contributed by atoms with Gasteiger partial charge in [0, 0.05) is 10.9 Å². The van der Waals surface area contributed by atoms with Gasteiger partial charge in [-0.3, -0.25) is 0 Å². The number of hydrogen-bond donors (Lipinski definition) is 1. The van der Waals surface area contributed by atoms with Crippen molar-refractivity contribution in [1.82, 2.24) is 10.3 Å². The Kier molecular flexibility index (Phi) is 4.79. The van der Waals surface area contributed by atoms with Crippen LogP contribution in [0.2, 0.25) is 0 Å². The summed E-state index contributed by atoms with van der Waals surface area (Å²) in [6.07, 6.45) is 0.718. The van der Waals surface area contributed by atoms with Crippen LogP contribution in [0.4, 0.5) is 4.39 Å². The van der Waals surface area contributed by atoms with E-state index >= 15 is 0 Å². The lowest BCUT2D eigenvalue weighted by atomic mass is 9.92. The molecule has 1 unspecified atom stereocenters. The molecule has 0 radical (unpaired) electrons. The van der Waals surface area contributed by atoms with Crippen LogP contribution in [0.3, 0.4) is 0 Å². The van der Waals surface area contributed by atoms with Crippen molar-refractivity contribution >= 4 is 11.3 Å². The number of rotatable bonds is 5. The van der Waals surface area contributed by atoms with E-state index in [1.807, 2.05) is 13.0 Å². The molecule has 4 heteroatoms. The standard InChI is InChI=1S/C17H23FN2S/c1-11(2)20-17(5,16-19-12(3)13(4)21-16)10-14-7-6-8-15(18)9-14/h6-9,11,20H,10H2,1-5H3. The largest absolute Gasteiger partial charge is 0.303 e. The first-order chi connectivity index (χ1) is 9.80. The Morgan fingerprint density at radius 2 is 2.05 bits per heavy atom. The van der Waals surface area contributed by atoms with Crippen LogP contribution in [0.15, 0.2) is 24.3 Å². The van der Waals surface area contributed by atoms with Crippen LogP contribution < -0.4 is 5.32 Å². The average molecular weight is 306 g/mol. The molecule has 2 rings (SSSR count). The summed E-state index contributed by atoms with van der Waals surface area (Å²) in [6.45, 7) is 10.5. The van der Waals surface area contributed by atoms with Gasteiger partial charge in [0.2, 0.25) is 0 Å².